The summed E-state index contributed by atoms with van der Waals surface area (Å²) in [5.74, 6) is 0.391. The van der Waals surface area contributed by atoms with Crippen LogP contribution in [0.4, 0.5) is 11.4 Å². The van der Waals surface area contributed by atoms with Gasteiger partial charge in [-0.15, -0.1) is 12.4 Å². The Balaban J connectivity index is 0.00000242. The third-order valence-electron chi connectivity index (χ3n) is 3.76. The Bertz CT molecular complexity index is 528. The van der Waals surface area contributed by atoms with Crippen molar-refractivity contribution in [1.82, 2.24) is 5.32 Å². The number of hydrogen-bond donors (Lipinski definition) is 3. The molecule has 0 aliphatic carbocycles. The molecule has 1 aliphatic heterocycles. The molecule has 5 nitrogen and oxygen atoms in total. The molecule has 1 aliphatic rings. The SMILES string of the molecule is CC(=O)Nc1cc(NC(=O)CC2CCNCC2)ccc1C.Cl. The summed E-state index contributed by atoms with van der Waals surface area (Å²) < 4.78 is 0. The molecule has 6 heteroatoms. The van der Waals surface area contributed by atoms with Gasteiger partial charge in [0.05, 0.1) is 0 Å². The van der Waals surface area contributed by atoms with E-state index < -0.39 is 0 Å². The van der Waals surface area contributed by atoms with E-state index in [1.165, 1.54) is 6.92 Å². The Kier molecular flexibility index (Phi) is 7.35. The van der Waals surface area contributed by atoms with Gasteiger partial charge < -0.3 is 16.0 Å². The van der Waals surface area contributed by atoms with E-state index in [4.69, 9.17) is 0 Å². The van der Waals surface area contributed by atoms with Crippen molar-refractivity contribution in [2.75, 3.05) is 23.7 Å². The van der Waals surface area contributed by atoms with Crippen molar-refractivity contribution in [3.05, 3.63) is 23.8 Å². The minimum Gasteiger partial charge on any atom is -0.326 e. The summed E-state index contributed by atoms with van der Waals surface area (Å²) in [6.07, 6.45) is 2.67. The van der Waals surface area contributed by atoms with Crippen LogP contribution in [0.25, 0.3) is 0 Å². The summed E-state index contributed by atoms with van der Waals surface area (Å²) in [6, 6.07) is 5.56. The molecule has 2 amide bonds. The zero-order valence-electron chi connectivity index (χ0n) is 13.1. The average Bonchev–Trinajstić information content (AvgIpc) is 2.43. The molecule has 3 N–H and O–H groups in total. The van der Waals surface area contributed by atoms with Gasteiger partial charge in [-0.05, 0) is 56.5 Å². The van der Waals surface area contributed by atoms with Crippen LogP contribution in [-0.4, -0.2) is 24.9 Å². The molecule has 1 fully saturated rings. The first-order chi connectivity index (χ1) is 10.0. The van der Waals surface area contributed by atoms with Gasteiger partial charge in [0.1, 0.15) is 0 Å². The number of carbonyl (C=O) groups is 2. The van der Waals surface area contributed by atoms with Crippen molar-refractivity contribution in [3.63, 3.8) is 0 Å². The van der Waals surface area contributed by atoms with E-state index in [1.807, 2.05) is 19.1 Å². The van der Waals surface area contributed by atoms with Gasteiger partial charge in [0.15, 0.2) is 0 Å². The normalized spacial score (nSPS) is 14.8. The minimum atomic E-state index is -0.115. The monoisotopic (exact) mass is 325 g/mol. The second-order valence-electron chi connectivity index (χ2n) is 5.66. The molecule has 1 saturated heterocycles. The van der Waals surface area contributed by atoms with Crippen molar-refractivity contribution in [1.29, 1.82) is 0 Å². The number of amides is 2. The largest absolute Gasteiger partial charge is 0.326 e. The Morgan fingerprint density at radius 2 is 1.91 bits per heavy atom. The van der Waals surface area contributed by atoms with Gasteiger partial charge in [0.2, 0.25) is 11.8 Å². The maximum Gasteiger partial charge on any atom is 0.224 e. The van der Waals surface area contributed by atoms with Crippen LogP contribution in [-0.2, 0) is 9.59 Å². The molecule has 1 aromatic carbocycles. The van der Waals surface area contributed by atoms with Crippen molar-refractivity contribution in [2.24, 2.45) is 5.92 Å². The second-order valence-corrected chi connectivity index (χ2v) is 5.66. The van der Waals surface area contributed by atoms with Crippen LogP contribution < -0.4 is 16.0 Å². The van der Waals surface area contributed by atoms with Gasteiger partial charge >= 0.3 is 0 Å². The van der Waals surface area contributed by atoms with E-state index in [-0.39, 0.29) is 24.2 Å². The fraction of sp³-hybridized carbons (Fsp3) is 0.500. The van der Waals surface area contributed by atoms with E-state index in [0.29, 0.717) is 12.3 Å². The predicted octanol–water partition coefficient (Wildman–Crippen LogP) is 2.70. The first-order valence-electron chi connectivity index (χ1n) is 7.43. The summed E-state index contributed by atoms with van der Waals surface area (Å²) in [4.78, 5) is 23.2. The molecule has 1 aromatic rings. The zero-order valence-corrected chi connectivity index (χ0v) is 13.9. The smallest absolute Gasteiger partial charge is 0.224 e. The molecular weight excluding hydrogens is 302 g/mol. The van der Waals surface area contributed by atoms with Crippen LogP contribution in [0.5, 0.6) is 0 Å². The molecule has 0 saturated carbocycles. The lowest BCUT2D eigenvalue weighted by Crippen LogP contribution is -2.30. The molecule has 0 bridgehead atoms. The molecular formula is C16H24ClN3O2. The standard InChI is InChI=1S/C16H23N3O2.ClH/c1-11-3-4-14(10-15(11)18-12(2)20)19-16(21)9-13-5-7-17-8-6-13;/h3-4,10,13,17H,5-9H2,1-2H3,(H,18,20)(H,19,21);1H. The fourth-order valence-corrected chi connectivity index (χ4v) is 2.58. The number of nitrogens with one attached hydrogen (secondary N) is 3. The summed E-state index contributed by atoms with van der Waals surface area (Å²) in [5.41, 5.74) is 2.44. The average molecular weight is 326 g/mol. The number of piperidine rings is 1. The first-order valence-corrected chi connectivity index (χ1v) is 7.43. The lowest BCUT2D eigenvalue weighted by atomic mass is 9.94. The fourth-order valence-electron chi connectivity index (χ4n) is 2.58. The third-order valence-corrected chi connectivity index (χ3v) is 3.76. The maximum atomic E-state index is 12.1. The van der Waals surface area contributed by atoms with E-state index in [9.17, 15) is 9.59 Å². The van der Waals surface area contributed by atoms with Gasteiger partial charge in [-0.1, -0.05) is 6.07 Å². The molecule has 2 rings (SSSR count). The quantitative estimate of drug-likeness (QED) is 0.797. The van der Waals surface area contributed by atoms with Gasteiger partial charge in [-0.3, -0.25) is 9.59 Å². The minimum absolute atomic E-state index is 0. The predicted molar refractivity (Wildman–Crippen MR) is 91.6 cm³/mol. The zero-order chi connectivity index (χ0) is 15.2. The number of rotatable bonds is 4. The van der Waals surface area contributed by atoms with E-state index in [2.05, 4.69) is 16.0 Å². The van der Waals surface area contributed by atoms with Gasteiger partial charge in [-0.2, -0.15) is 0 Å². The molecule has 0 unspecified atom stereocenters. The van der Waals surface area contributed by atoms with Crippen LogP contribution in [0.1, 0.15) is 31.7 Å². The van der Waals surface area contributed by atoms with Crippen molar-refractivity contribution in [2.45, 2.75) is 33.1 Å². The Morgan fingerprint density at radius 1 is 1.23 bits per heavy atom. The van der Waals surface area contributed by atoms with Crippen LogP contribution >= 0.6 is 12.4 Å². The first kappa shape index (κ1) is 18.5. The summed E-state index contributed by atoms with van der Waals surface area (Å²) >= 11 is 0. The molecule has 0 spiro atoms. The van der Waals surface area contributed by atoms with Gasteiger partial charge in [-0.25, -0.2) is 0 Å². The maximum absolute atomic E-state index is 12.1. The van der Waals surface area contributed by atoms with Crippen LogP contribution in [0, 0.1) is 12.8 Å². The number of carbonyl (C=O) groups excluding carboxylic acids is 2. The summed E-state index contributed by atoms with van der Waals surface area (Å²) in [6.45, 7) is 5.39. The number of benzene rings is 1. The number of halogens is 1. The summed E-state index contributed by atoms with van der Waals surface area (Å²) in [7, 11) is 0. The molecule has 0 atom stereocenters. The lowest BCUT2D eigenvalue weighted by Gasteiger charge is -2.22. The molecule has 0 aromatic heterocycles. The number of anilines is 2. The molecule has 1 heterocycles. The molecule has 0 radical (unpaired) electrons. The lowest BCUT2D eigenvalue weighted by molar-refractivity contribution is -0.117. The van der Waals surface area contributed by atoms with Crippen LogP contribution in [0.2, 0.25) is 0 Å². The highest BCUT2D eigenvalue weighted by molar-refractivity contribution is 5.94. The molecule has 122 valence electrons. The Hall–Kier alpha value is -1.59. The Morgan fingerprint density at radius 3 is 2.55 bits per heavy atom. The summed E-state index contributed by atoms with van der Waals surface area (Å²) in [5, 5.41) is 8.99. The highest BCUT2D eigenvalue weighted by Gasteiger charge is 2.17. The molecule has 22 heavy (non-hydrogen) atoms. The van der Waals surface area contributed by atoms with Crippen LogP contribution in [0.15, 0.2) is 18.2 Å². The highest BCUT2D eigenvalue weighted by Crippen LogP contribution is 2.22. The van der Waals surface area contributed by atoms with Crippen LogP contribution in [0.3, 0.4) is 0 Å². The number of hydrogen-bond acceptors (Lipinski definition) is 3. The van der Waals surface area contributed by atoms with E-state index >= 15 is 0 Å². The topological polar surface area (TPSA) is 70.2 Å². The highest BCUT2D eigenvalue weighted by atomic mass is 35.5. The van der Waals surface area contributed by atoms with E-state index in [1.54, 1.807) is 6.07 Å². The van der Waals surface area contributed by atoms with Crippen molar-refractivity contribution >= 4 is 35.6 Å². The van der Waals surface area contributed by atoms with E-state index in [0.717, 1.165) is 42.9 Å². The van der Waals surface area contributed by atoms with Crippen molar-refractivity contribution in [3.8, 4) is 0 Å². The van der Waals surface area contributed by atoms with Crippen molar-refractivity contribution < 1.29 is 9.59 Å². The third kappa shape index (κ3) is 5.66. The second kappa shape index (κ2) is 8.76. The number of aryl methyl sites for hydroxylation is 1. The Labute approximate surface area is 137 Å². The van der Waals surface area contributed by atoms with Gasteiger partial charge in [0.25, 0.3) is 0 Å². The van der Waals surface area contributed by atoms with Gasteiger partial charge in [0, 0.05) is 24.7 Å².